The molecule has 0 bridgehead atoms. The number of hydrogen-bond donors (Lipinski definition) is 0. The van der Waals surface area contributed by atoms with Gasteiger partial charge in [-0.05, 0) is 17.2 Å². The van der Waals surface area contributed by atoms with Gasteiger partial charge in [-0.25, -0.2) is 16.8 Å². The Balaban J connectivity index is 2.67. The minimum absolute atomic E-state index is 0.000293. The Hall–Kier alpha value is -0.850. The molecule has 1 aromatic rings. The van der Waals surface area contributed by atoms with Gasteiger partial charge in [-0.3, -0.25) is 0 Å². The van der Waals surface area contributed by atoms with E-state index in [1.54, 1.807) is 12.1 Å². The summed E-state index contributed by atoms with van der Waals surface area (Å²) in [5.74, 6) is -0.306. The van der Waals surface area contributed by atoms with Crippen LogP contribution in [-0.2, 0) is 19.7 Å². The van der Waals surface area contributed by atoms with E-state index in [-0.39, 0.29) is 21.2 Å². The van der Waals surface area contributed by atoms with E-state index in [9.17, 15) is 16.8 Å². The molecule has 1 aliphatic rings. The van der Waals surface area contributed by atoms with Crippen LogP contribution in [0.2, 0.25) is 5.02 Å². The molecule has 1 aromatic carbocycles. The van der Waals surface area contributed by atoms with Gasteiger partial charge >= 0.3 is 0 Å². The number of rotatable bonds is 2. The summed E-state index contributed by atoms with van der Waals surface area (Å²) in [5.41, 5.74) is 0.646. The maximum absolute atomic E-state index is 11.8. The molecule has 0 spiro atoms. The van der Waals surface area contributed by atoms with Crippen molar-refractivity contribution in [3.05, 3.63) is 34.2 Å². The average molecular weight is 293 g/mol. The average Bonchev–Trinajstić information content (AvgIpc) is 2.36. The Labute approximate surface area is 105 Å². The summed E-state index contributed by atoms with van der Waals surface area (Å²) in [7, 11) is -6.91. The highest BCUT2D eigenvalue weighted by Gasteiger charge is 2.30. The summed E-state index contributed by atoms with van der Waals surface area (Å²) >= 11 is 5.83. The number of benzene rings is 1. The predicted molar refractivity (Wildman–Crippen MR) is 66.3 cm³/mol. The van der Waals surface area contributed by atoms with Crippen LogP contribution in [-0.4, -0.2) is 28.8 Å². The fraction of sp³-hybridized carbons (Fsp3) is 0.200. The molecular formula is C10H9ClO4S2. The first-order valence-electron chi connectivity index (χ1n) is 4.63. The van der Waals surface area contributed by atoms with Gasteiger partial charge in [0.1, 0.15) is 0 Å². The predicted octanol–water partition coefficient (Wildman–Crippen LogP) is 1.51. The third-order valence-electron chi connectivity index (χ3n) is 2.31. The number of halogens is 1. The smallest absolute Gasteiger partial charge is 0.202 e. The maximum Gasteiger partial charge on any atom is 0.202 e. The van der Waals surface area contributed by atoms with Crippen molar-refractivity contribution in [2.75, 3.05) is 12.0 Å². The van der Waals surface area contributed by atoms with Crippen LogP contribution in [0.5, 0.6) is 0 Å². The monoisotopic (exact) mass is 292 g/mol. The second kappa shape index (κ2) is 3.83. The molecule has 0 saturated carbocycles. The zero-order chi connectivity index (χ0) is 12.8. The van der Waals surface area contributed by atoms with Crippen molar-refractivity contribution >= 4 is 36.8 Å². The second-order valence-electron chi connectivity index (χ2n) is 3.87. The zero-order valence-corrected chi connectivity index (χ0v) is 11.2. The van der Waals surface area contributed by atoms with Crippen LogP contribution in [0.4, 0.5) is 0 Å². The highest BCUT2D eigenvalue weighted by molar-refractivity contribution is 7.95. The third kappa shape index (κ3) is 2.38. The quantitative estimate of drug-likeness (QED) is 0.828. The topological polar surface area (TPSA) is 68.3 Å². The molecule has 0 unspecified atom stereocenters. The van der Waals surface area contributed by atoms with E-state index in [1.165, 1.54) is 6.07 Å². The van der Waals surface area contributed by atoms with E-state index in [2.05, 4.69) is 0 Å². The molecule has 17 heavy (non-hydrogen) atoms. The lowest BCUT2D eigenvalue weighted by Gasteiger charge is -2.04. The first-order valence-corrected chi connectivity index (χ1v) is 8.61. The minimum atomic E-state index is -3.62. The number of sulfone groups is 2. The second-order valence-corrected chi connectivity index (χ2v) is 8.16. The summed E-state index contributed by atoms with van der Waals surface area (Å²) in [5, 5.41) is 1.09. The van der Waals surface area contributed by atoms with E-state index >= 15 is 0 Å². The Bertz CT molecular complexity index is 715. The van der Waals surface area contributed by atoms with Crippen LogP contribution in [0.3, 0.4) is 0 Å². The van der Waals surface area contributed by atoms with Crippen LogP contribution in [0, 0.1) is 0 Å². The summed E-state index contributed by atoms with van der Waals surface area (Å²) in [6, 6.07) is 4.62. The Morgan fingerprint density at radius 1 is 1.29 bits per heavy atom. The first kappa shape index (κ1) is 12.6. The van der Waals surface area contributed by atoms with Crippen molar-refractivity contribution < 1.29 is 16.8 Å². The summed E-state index contributed by atoms with van der Waals surface area (Å²) in [4.78, 5) is 0.000293. The van der Waals surface area contributed by atoms with E-state index in [4.69, 9.17) is 11.6 Å². The van der Waals surface area contributed by atoms with Crippen molar-refractivity contribution in [2.45, 2.75) is 4.90 Å². The molecule has 1 aliphatic heterocycles. The van der Waals surface area contributed by atoms with E-state index in [1.807, 2.05) is 0 Å². The van der Waals surface area contributed by atoms with Gasteiger partial charge in [-0.1, -0.05) is 23.7 Å². The number of hydrogen-bond acceptors (Lipinski definition) is 4. The molecule has 92 valence electrons. The molecule has 0 aliphatic carbocycles. The molecule has 0 aromatic heterocycles. The SMILES string of the molecule is CS(=O)(=O)CC1=CS(=O)(=O)c2c(Cl)cccc21. The summed E-state index contributed by atoms with van der Waals surface area (Å²) in [6.07, 6.45) is 1.06. The molecule has 1 heterocycles. The summed E-state index contributed by atoms with van der Waals surface area (Å²) < 4.78 is 46.1. The van der Waals surface area contributed by atoms with Gasteiger partial charge in [0, 0.05) is 11.7 Å². The van der Waals surface area contributed by atoms with Crippen LogP contribution in [0.15, 0.2) is 28.5 Å². The fourth-order valence-electron chi connectivity index (χ4n) is 1.75. The van der Waals surface area contributed by atoms with Crippen molar-refractivity contribution in [3.8, 4) is 0 Å². The van der Waals surface area contributed by atoms with Gasteiger partial charge in [0.05, 0.1) is 15.7 Å². The lowest BCUT2D eigenvalue weighted by atomic mass is 10.1. The molecule has 0 atom stereocenters. The fourth-order valence-corrected chi connectivity index (χ4v) is 4.71. The van der Waals surface area contributed by atoms with Crippen molar-refractivity contribution in [1.29, 1.82) is 0 Å². The molecule has 4 nitrogen and oxygen atoms in total. The Kier molecular flexibility index (Phi) is 2.84. The summed E-state index contributed by atoms with van der Waals surface area (Å²) in [6.45, 7) is 0. The van der Waals surface area contributed by atoms with Crippen LogP contribution in [0.25, 0.3) is 5.57 Å². The van der Waals surface area contributed by atoms with Gasteiger partial charge < -0.3 is 0 Å². The van der Waals surface area contributed by atoms with Gasteiger partial charge in [-0.15, -0.1) is 0 Å². The highest BCUT2D eigenvalue weighted by atomic mass is 35.5. The molecule has 0 saturated heterocycles. The molecule has 2 rings (SSSR count). The lowest BCUT2D eigenvalue weighted by Crippen LogP contribution is -2.04. The van der Waals surface area contributed by atoms with Crippen LogP contribution >= 0.6 is 11.6 Å². The highest BCUT2D eigenvalue weighted by Crippen LogP contribution is 2.38. The van der Waals surface area contributed by atoms with Gasteiger partial charge in [0.25, 0.3) is 0 Å². The lowest BCUT2D eigenvalue weighted by molar-refractivity contribution is 0.603. The van der Waals surface area contributed by atoms with Crippen molar-refractivity contribution in [1.82, 2.24) is 0 Å². The third-order valence-corrected chi connectivity index (χ3v) is 5.18. The molecule has 0 amide bonds. The van der Waals surface area contributed by atoms with E-state index < -0.39 is 19.7 Å². The van der Waals surface area contributed by atoms with Crippen LogP contribution in [0.1, 0.15) is 5.56 Å². The number of fused-ring (bicyclic) bond motifs is 1. The zero-order valence-electron chi connectivity index (χ0n) is 8.84. The van der Waals surface area contributed by atoms with E-state index in [0.29, 0.717) is 5.56 Å². The molecule has 0 fully saturated rings. The normalized spacial score (nSPS) is 17.6. The first-order chi connectivity index (χ1) is 7.71. The largest absolute Gasteiger partial charge is 0.229 e. The van der Waals surface area contributed by atoms with Gasteiger partial charge in [0.2, 0.25) is 9.84 Å². The van der Waals surface area contributed by atoms with Crippen molar-refractivity contribution in [3.63, 3.8) is 0 Å². The molecule has 7 heteroatoms. The van der Waals surface area contributed by atoms with Crippen LogP contribution < -0.4 is 0 Å². The van der Waals surface area contributed by atoms with Crippen molar-refractivity contribution in [2.24, 2.45) is 0 Å². The van der Waals surface area contributed by atoms with E-state index in [0.717, 1.165) is 11.7 Å². The molecule has 0 N–H and O–H groups in total. The van der Waals surface area contributed by atoms with Gasteiger partial charge in [0.15, 0.2) is 9.84 Å². The Morgan fingerprint density at radius 3 is 2.53 bits per heavy atom. The molecule has 0 radical (unpaired) electrons. The Morgan fingerprint density at radius 2 is 1.94 bits per heavy atom. The minimum Gasteiger partial charge on any atom is -0.229 e. The standard InChI is InChI=1S/C10H9ClO4S2/c1-16(12,13)5-7-6-17(14,15)10-8(7)3-2-4-9(10)11/h2-4,6H,5H2,1H3. The maximum atomic E-state index is 11.8. The molecular weight excluding hydrogens is 284 g/mol. The van der Waals surface area contributed by atoms with Gasteiger partial charge in [-0.2, -0.15) is 0 Å².